The second kappa shape index (κ2) is 5.56. The average Bonchev–Trinajstić information content (AvgIpc) is 2.78. The van der Waals surface area contributed by atoms with Crippen LogP contribution < -0.4 is 11.1 Å². The smallest absolute Gasteiger partial charge is 0.159 e. The van der Waals surface area contributed by atoms with Gasteiger partial charge < -0.3 is 11.1 Å². The van der Waals surface area contributed by atoms with Gasteiger partial charge in [0, 0.05) is 12.6 Å². The Bertz CT molecular complexity index is 382. The molecule has 2 rings (SSSR count). The highest BCUT2D eigenvalue weighted by Crippen LogP contribution is 2.24. The molecule has 0 saturated heterocycles. The van der Waals surface area contributed by atoms with Gasteiger partial charge in [0.1, 0.15) is 0 Å². The maximum atomic E-state index is 13.0. The fraction of sp³-hybridized carbons (Fsp3) is 0.538. The normalized spacial score (nSPS) is 24.2. The van der Waals surface area contributed by atoms with Crippen molar-refractivity contribution in [1.29, 1.82) is 0 Å². The van der Waals surface area contributed by atoms with Crippen LogP contribution in [0.25, 0.3) is 0 Å². The van der Waals surface area contributed by atoms with Crippen LogP contribution in [-0.2, 0) is 6.54 Å². The molecular formula is C13H18F2N2. The number of benzene rings is 1. The molecule has 4 heteroatoms. The molecule has 0 radical (unpaired) electrons. The molecule has 1 aromatic carbocycles. The van der Waals surface area contributed by atoms with Crippen LogP contribution in [0.4, 0.5) is 8.78 Å². The Labute approximate surface area is 100 Å². The van der Waals surface area contributed by atoms with E-state index < -0.39 is 11.6 Å². The summed E-state index contributed by atoms with van der Waals surface area (Å²) in [5, 5.41) is 3.38. The van der Waals surface area contributed by atoms with Crippen molar-refractivity contribution >= 4 is 0 Å². The second-order valence-corrected chi connectivity index (χ2v) is 4.66. The SMILES string of the molecule is NCC1CCCC1NCc1ccc(F)c(F)c1. The highest BCUT2D eigenvalue weighted by atomic mass is 19.2. The standard InChI is InChI=1S/C13H18F2N2/c14-11-5-4-9(6-12(11)15)8-17-13-3-1-2-10(13)7-16/h4-6,10,13,17H,1-3,7-8,16H2. The minimum Gasteiger partial charge on any atom is -0.330 e. The van der Waals surface area contributed by atoms with Crippen molar-refractivity contribution < 1.29 is 8.78 Å². The molecule has 1 aliphatic rings. The zero-order valence-electron chi connectivity index (χ0n) is 9.76. The fourth-order valence-electron chi connectivity index (χ4n) is 2.49. The lowest BCUT2D eigenvalue weighted by Crippen LogP contribution is -2.35. The highest BCUT2D eigenvalue weighted by Gasteiger charge is 2.25. The summed E-state index contributed by atoms with van der Waals surface area (Å²) in [7, 11) is 0. The topological polar surface area (TPSA) is 38.0 Å². The van der Waals surface area contributed by atoms with Crippen LogP contribution in [0, 0.1) is 17.6 Å². The Morgan fingerprint density at radius 3 is 2.76 bits per heavy atom. The Morgan fingerprint density at radius 2 is 2.06 bits per heavy atom. The summed E-state index contributed by atoms with van der Waals surface area (Å²) in [6, 6.07) is 4.43. The van der Waals surface area contributed by atoms with Crippen LogP contribution in [-0.4, -0.2) is 12.6 Å². The number of rotatable bonds is 4. The molecule has 2 nitrogen and oxygen atoms in total. The van der Waals surface area contributed by atoms with E-state index in [1.807, 2.05) is 0 Å². The minimum atomic E-state index is -0.797. The molecule has 1 fully saturated rings. The average molecular weight is 240 g/mol. The van der Waals surface area contributed by atoms with Crippen molar-refractivity contribution in [2.24, 2.45) is 11.7 Å². The van der Waals surface area contributed by atoms with Crippen molar-refractivity contribution in [2.45, 2.75) is 31.8 Å². The lowest BCUT2D eigenvalue weighted by molar-refractivity contribution is 0.405. The van der Waals surface area contributed by atoms with Gasteiger partial charge in [0.2, 0.25) is 0 Å². The Balaban J connectivity index is 1.91. The number of hydrogen-bond donors (Lipinski definition) is 2. The van der Waals surface area contributed by atoms with Gasteiger partial charge >= 0.3 is 0 Å². The van der Waals surface area contributed by atoms with Gasteiger partial charge in [-0.3, -0.25) is 0 Å². The lowest BCUT2D eigenvalue weighted by Gasteiger charge is -2.19. The van der Waals surface area contributed by atoms with E-state index in [0.717, 1.165) is 18.4 Å². The van der Waals surface area contributed by atoms with E-state index in [0.29, 0.717) is 25.0 Å². The molecular weight excluding hydrogens is 222 g/mol. The van der Waals surface area contributed by atoms with E-state index in [9.17, 15) is 8.78 Å². The van der Waals surface area contributed by atoms with Crippen LogP contribution in [0.3, 0.4) is 0 Å². The van der Waals surface area contributed by atoms with Crippen LogP contribution in [0.15, 0.2) is 18.2 Å². The summed E-state index contributed by atoms with van der Waals surface area (Å²) in [6.45, 7) is 1.26. The Hall–Kier alpha value is -1.00. The summed E-state index contributed by atoms with van der Waals surface area (Å²) < 4.78 is 25.7. The van der Waals surface area contributed by atoms with Crippen LogP contribution in [0.2, 0.25) is 0 Å². The molecule has 2 atom stereocenters. The summed E-state index contributed by atoms with van der Waals surface area (Å²) in [5.74, 6) is -1.07. The number of hydrogen-bond acceptors (Lipinski definition) is 2. The van der Waals surface area contributed by atoms with E-state index in [-0.39, 0.29) is 0 Å². The molecule has 1 aliphatic carbocycles. The maximum absolute atomic E-state index is 13.0. The van der Waals surface area contributed by atoms with Crippen LogP contribution in [0.1, 0.15) is 24.8 Å². The molecule has 1 aromatic rings. The van der Waals surface area contributed by atoms with Gasteiger partial charge in [0.15, 0.2) is 11.6 Å². The van der Waals surface area contributed by atoms with Gasteiger partial charge in [-0.15, -0.1) is 0 Å². The number of nitrogens with one attached hydrogen (secondary N) is 1. The molecule has 0 heterocycles. The molecule has 0 bridgehead atoms. The van der Waals surface area contributed by atoms with Crippen molar-refractivity contribution in [2.75, 3.05) is 6.54 Å². The summed E-state index contributed by atoms with van der Waals surface area (Å²) >= 11 is 0. The van der Waals surface area contributed by atoms with E-state index in [2.05, 4.69) is 5.32 Å². The first-order valence-electron chi connectivity index (χ1n) is 6.08. The summed E-state index contributed by atoms with van der Waals surface area (Å²) in [6.07, 6.45) is 3.47. The molecule has 0 aliphatic heterocycles. The van der Waals surface area contributed by atoms with E-state index in [1.165, 1.54) is 18.6 Å². The predicted molar refractivity (Wildman–Crippen MR) is 63.4 cm³/mol. The zero-order chi connectivity index (χ0) is 12.3. The molecule has 2 unspecified atom stereocenters. The molecule has 3 N–H and O–H groups in total. The number of nitrogens with two attached hydrogens (primary N) is 1. The molecule has 0 amide bonds. The number of halogens is 2. The van der Waals surface area contributed by atoms with E-state index in [1.54, 1.807) is 6.07 Å². The van der Waals surface area contributed by atoms with Gasteiger partial charge in [-0.1, -0.05) is 12.5 Å². The molecule has 1 saturated carbocycles. The van der Waals surface area contributed by atoms with Crippen LogP contribution >= 0.6 is 0 Å². The van der Waals surface area contributed by atoms with Gasteiger partial charge in [-0.2, -0.15) is 0 Å². The van der Waals surface area contributed by atoms with Crippen molar-refractivity contribution in [3.63, 3.8) is 0 Å². The lowest BCUT2D eigenvalue weighted by atomic mass is 10.0. The largest absolute Gasteiger partial charge is 0.330 e. The van der Waals surface area contributed by atoms with Gasteiger partial charge in [-0.25, -0.2) is 8.78 Å². The molecule has 94 valence electrons. The van der Waals surface area contributed by atoms with E-state index in [4.69, 9.17) is 5.73 Å². The fourth-order valence-corrected chi connectivity index (χ4v) is 2.49. The molecule has 17 heavy (non-hydrogen) atoms. The third kappa shape index (κ3) is 3.01. The minimum absolute atomic E-state index is 0.410. The monoisotopic (exact) mass is 240 g/mol. The van der Waals surface area contributed by atoms with Gasteiger partial charge in [-0.05, 0) is 43.0 Å². The van der Waals surface area contributed by atoms with Gasteiger partial charge in [0.05, 0.1) is 0 Å². The van der Waals surface area contributed by atoms with Crippen molar-refractivity contribution in [1.82, 2.24) is 5.32 Å². The Morgan fingerprint density at radius 1 is 1.24 bits per heavy atom. The van der Waals surface area contributed by atoms with Gasteiger partial charge in [0.25, 0.3) is 0 Å². The summed E-state index contributed by atoms with van der Waals surface area (Å²) in [4.78, 5) is 0. The second-order valence-electron chi connectivity index (χ2n) is 4.66. The quantitative estimate of drug-likeness (QED) is 0.846. The highest BCUT2D eigenvalue weighted by molar-refractivity contribution is 5.17. The molecule has 0 spiro atoms. The van der Waals surface area contributed by atoms with E-state index >= 15 is 0 Å². The first-order valence-corrected chi connectivity index (χ1v) is 6.08. The first-order chi connectivity index (χ1) is 8.20. The van der Waals surface area contributed by atoms with Crippen molar-refractivity contribution in [3.8, 4) is 0 Å². The zero-order valence-corrected chi connectivity index (χ0v) is 9.76. The third-order valence-corrected chi connectivity index (χ3v) is 3.51. The predicted octanol–water partition coefficient (Wildman–Crippen LogP) is 2.18. The first kappa shape index (κ1) is 12.5. The molecule has 0 aromatic heterocycles. The Kier molecular flexibility index (Phi) is 4.07. The van der Waals surface area contributed by atoms with Crippen LogP contribution in [0.5, 0.6) is 0 Å². The third-order valence-electron chi connectivity index (χ3n) is 3.51. The summed E-state index contributed by atoms with van der Waals surface area (Å²) in [5.41, 5.74) is 6.46. The maximum Gasteiger partial charge on any atom is 0.159 e. The van der Waals surface area contributed by atoms with Crippen molar-refractivity contribution in [3.05, 3.63) is 35.4 Å².